The Bertz CT molecular complexity index is 3500. The van der Waals surface area contributed by atoms with Crippen molar-refractivity contribution in [3.63, 3.8) is 0 Å². The molecule has 0 saturated heterocycles. The zero-order chi connectivity index (χ0) is 37.1. The maximum atomic E-state index is 10.6. The van der Waals surface area contributed by atoms with E-state index in [9.17, 15) is 10.5 Å². The van der Waals surface area contributed by atoms with Crippen LogP contribution in [0.1, 0.15) is 11.1 Å². The van der Waals surface area contributed by atoms with Gasteiger partial charge in [-0.15, -0.1) is 22.7 Å². The lowest BCUT2D eigenvalue weighted by atomic mass is 9.95. The Kier molecular flexibility index (Phi) is 6.48. The molecule has 0 spiro atoms. The number of nitrogens with zero attached hydrogens (tertiary/aromatic N) is 4. The van der Waals surface area contributed by atoms with Gasteiger partial charge in [-0.3, -0.25) is 0 Å². The molecule has 12 aromatic rings. The second kappa shape index (κ2) is 11.6. The van der Waals surface area contributed by atoms with E-state index in [1.165, 1.54) is 61.9 Å². The van der Waals surface area contributed by atoms with E-state index in [1.54, 1.807) is 0 Å². The second-order valence-corrected chi connectivity index (χ2v) is 16.4. The van der Waals surface area contributed by atoms with E-state index in [0.717, 1.165) is 44.6 Å². The molecule has 4 heterocycles. The van der Waals surface area contributed by atoms with Crippen LogP contribution in [0.3, 0.4) is 0 Å². The summed E-state index contributed by atoms with van der Waals surface area (Å²) in [7, 11) is 0. The molecule has 258 valence electrons. The second-order valence-electron chi connectivity index (χ2n) is 14.3. The van der Waals surface area contributed by atoms with Crippen LogP contribution in [-0.4, -0.2) is 9.13 Å². The van der Waals surface area contributed by atoms with Gasteiger partial charge in [-0.2, -0.15) is 10.5 Å². The Morgan fingerprint density at radius 1 is 0.375 bits per heavy atom. The van der Waals surface area contributed by atoms with Gasteiger partial charge in [0, 0.05) is 75.0 Å². The Hall–Kier alpha value is -7.22. The lowest BCUT2D eigenvalue weighted by Crippen LogP contribution is -1.99. The van der Waals surface area contributed by atoms with Gasteiger partial charge in [-0.05, 0) is 60.7 Å². The van der Waals surface area contributed by atoms with E-state index in [4.69, 9.17) is 0 Å². The summed E-state index contributed by atoms with van der Waals surface area (Å²) in [6, 6.07) is 60.3. The molecule has 4 nitrogen and oxygen atoms in total. The Balaban J connectivity index is 1.14. The molecule has 0 bridgehead atoms. The molecule has 56 heavy (non-hydrogen) atoms. The first kappa shape index (κ1) is 31.2. The molecule has 0 radical (unpaired) electrons. The molecule has 0 aliphatic heterocycles. The van der Waals surface area contributed by atoms with Gasteiger partial charge in [-0.1, -0.05) is 97.1 Å². The Morgan fingerprint density at radius 2 is 0.768 bits per heavy atom. The zero-order valence-corrected chi connectivity index (χ0v) is 31.2. The predicted molar refractivity (Wildman–Crippen MR) is 236 cm³/mol. The first-order chi connectivity index (χ1) is 27.7. The highest BCUT2D eigenvalue weighted by molar-refractivity contribution is 7.27. The molecule has 0 atom stereocenters. The van der Waals surface area contributed by atoms with E-state index >= 15 is 0 Å². The van der Waals surface area contributed by atoms with Crippen LogP contribution < -0.4 is 0 Å². The summed E-state index contributed by atoms with van der Waals surface area (Å²) in [4.78, 5) is 0. The fraction of sp³-hybridized carbons (Fsp3) is 0. The fourth-order valence-electron chi connectivity index (χ4n) is 8.98. The number of rotatable bonds is 3. The molecule has 4 aromatic heterocycles. The molecule has 0 aliphatic rings. The van der Waals surface area contributed by atoms with Crippen LogP contribution in [0.15, 0.2) is 158 Å². The molecule has 0 N–H and O–H groups in total. The van der Waals surface area contributed by atoms with Crippen LogP contribution in [0, 0.1) is 22.7 Å². The number of nitriles is 2. The third kappa shape index (κ3) is 4.20. The average Bonchev–Trinajstić information content (AvgIpc) is 4.01. The first-order valence-electron chi connectivity index (χ1n) is 18.5. The lowest BCUT2D eigenvalue weighted by Gasteiger charge is -2.15. The van der Waals surface area contributed by atoms with Gasteiger partial charge in [0.05, 0.1) is 54.7 Å². The maximum absolute atomic E-state index is 10.6. The van der Waals surface area contributed by atoms with Crippen LogP contribution >= 0.6 is 22.7 Å². The van der Waals surface area contributed by atoms with Gasteiger partial charge >= 0.3 is 0 Å². The van der Waals surface area contributed by atoms with Gasteiger partial charge in [0.1, 0.15) is 0 Å². The monoisotopic (exact) mass is 746 g/mol. The third-order valence-corrected chi connectivity index (χ3v) is 13.8. The fourth-order valence-corrected chi connectivity index (χ4v) is 11.5. The van der Waals surface area contributed by atoms with Crippen molar-refractivity contribution in [3.8, 4) is 34.6 Å². The number of thiophene rings is 2. The SMILES string of the molecule is N#Cc1ccc(-n2c3ccccc3c3ccc4c5ccccc5sc4c32)cc1-c1cc(-n2c3ccccc3c3ccc4c5ccccc5sc4c32)ccc1C#N. The summed E-state index contributed by atoms with van der Waals surface area (Å²) in [6.45, 7) is 0. The van der Waals surface area contributed by atoms with Crippen LogP contribution in [0.4, 0.5) is 0 Å². The van der Waals surface area contributed by atoms with Crippen molar-refractivity contribution in [1.29, 1.82) is 10.5 Å². The van der Waals surface area contributed by atoms with Crippen molar-refractivity contribution in [2.75, 3.05) is 0 Å². The number of benzene rings is 8. The highest BCUT2D eigenvalue weighted by Crippen LogP contribution is 2.45. The summed E-state index contributed by atoms with van der Waals surface area (Å²) < 4.78 is 9.64. The average molecular weight is 747 g/mol. The van der Waals surface area contributed by atoms with E-state index in [0.29, 0.717) is 11.1 Å². The third-order valence-electron chi connectivity index (χ3n) is 11.4. The molecule has 0 aliphatic carbocycles. The van der Waals surface area contributed by atoms with E-state index in [-0.39, 0.29) is 0 Å². The van der Waals surface area contributed by atoms with Gasteiger partial charge in [0.25, 0.3) is 0 Å². The highest BCUT2D eigenvalue weighted by atomic mass is 32.1. The maximum Gasteiger partial charge on any atom is 0.0998 e. The quantitative estimate of drug-likeness (QED) is 0.181. The molecule has 12 rings (SSSR count). The topological polar surface area (TPSA) is 57.4 Å². The summed E-state index contributed by atoms with van der Waals surface area (Å²) >= 11 is 3.63. The summed E-state index contributed by atoms with van der Waals surface area (Å²) in [5, 5.41) is 30.9. The number of fused-ring (bicyclic) bond motifs is 14. The summed E-state index contributed by atoms with van der Waals surface area (Å²) in [5.74, 6) is 0. The molecule has 8 aromatic carbocycles. The van der Waals surface area contributed by atoms with Crippen molar-refractivity contribution >= 4 is 107 Å². The van der Waals surface area contributed by atoms with Gasteiger partial charge in [-0.25, -0.2) is 0 Å². The van der Waals surface area contributed by atoms with Crippen molar-refractivity contribution in [2.24, 2.45) is 0 Å². The Morgan fingerprint density at radius 3 is 1.21 bits per heavy atom. The summed E-state index contributed by atoms with van der Waals surface area (Å²) in [6.07, 6.45) is 0. The normalized spacial score (nSPS) is 11.9. The van der Waals surface area contributed by atoms with Crippen molar-refractivity contribution in [1.82, 2.24) is 9.13 Å². The molecule has 0 unspecified atom stereocenters. The largest absolute Gasteiger partial charge is 0.308 e. The van der Waals surface area contributed by atoms with Crippen molar-refractivity contribution < 1.29 is 0 Å². The lowest BCUT2D eigenvalue weighted by molar-refractivity contribution is 1.18. The zero-order valence-electron chi connectivity index (χ0n) is 29.6. The minimum absolute atomic E-state index is 0.518. The van der Waals surface area contributed by atoms with Crippen LogP contribution in [-0.2, 0) is 0 Å². The standard InChI is InChI=1S/C50H26N4S2/c51-27-29-17-19-31(53-43-13-5-1-9-33(43)37-21-23-39-35-11-3-7-15-45(35)55-49(39)47(37)53)25-41(29)42-26-32(20-18-30(42)28-52)54-44-14-6-2-10-34(44)38-22-24-40-36-12-4-8-16-46(36)56-50(40)48(38)54/h1-26H. The Labute approximate surface area is 328 Å². The minimum Gasteiger partial charge on any atom is -0.308 e. The van der Waals surface area contributed by atoms with Crippen molar-refractivity contribution in [2.45, 2.75) is 0 Å². The minimum atomic E-state index is 0.518. The van der Waals surface area contributed by atoms with Crippen molar-refractivity contribution in [3.05, 3.63) is 169 Å². The summed E-state index contributed by atoms with van der Waals surface area (Å²) in [5.41, 5.74) is 8.84. The highest BCUT2D eigenvalue weighted by Gasteiger charge is 2.22. The smallest absolute Gasteiger partial charge is 0.0998 e. The number of aromatic nitrogens is 2. The molecule has 0 amide bonds. The molecule has 0 saturated carbocycles. The van der Waals surface area contributed by atoms with Crippen LogP contribution in [0.25, 0.3) is 106 Å². The predicted octanol–water partition coefficient (Wildman–Crippen LogP) is 14.0. The number of hydrogen-bond donors (Lipinski definition) is 0. The van der Waals surface area contributed by atoms with E-state index in [2.05, 4.69) is 155 Å². The first-order valence-corrected chi connectivity index (χ1v) is 20.1. The van der Waals surface area contributed by atoms with E-state index < -0.39 is 0 Å². The van der Waals surface area contributed by atoms with Gasteiger partial charge < -0.3 is 9.13 Å². The number of hydrogen-bond acceptors (Lipinski definition) is 4. The molecular formula is C50H26N4S2. The molecule has 0 fully saturated rings. The van der Waals surface area contributed by atoms with Crippen LogP contribution in [0.2, 0.25) is 0 Å². The van der Waals surface area contributed by atoms with E-state index in [1.807, 2.05) is 46.9 Å². The molecule has 6 heteroatoms. The van der Waals surface area contributed by atoms with Crippen LogP contribution in [0.5, 0.6) is 0 Å². The molecular weight excluding hydrogens is 721 g/mol. The number of para-hydroxylation sites is 2. The van der Waals surface area contributed by atoms with Gasteiger partial charge in [0.2, 0.25) is 0 Å². The van der Waals surface area contributed by atoms with Gasteiger partial charge in [0.15, 0.2) is 0 Å².